The predicted octanol–water partition coefficient (Wildman–Crippen LogP) is 2.44. The monoisotopic (exact) mass is 353 g/mol. The summed E-state index contributed by atoms with van der Waals surface area (Å²) in [7, 11) is 0. The van der Waals surface area contributed by atoms with Gasteiger partial charge in [0.2, 0.25) is 5.91 Å². The molecule has 0 spiro atoms. The molecule has 2 fully saturated rings. The number of rotatable bonds is 4. The van der Waals surface area contributed by atoms with Gasteiger partial charge in [-0.3, -0.25) is 9.59 Å². The molecule has 4 N–H and O–H groups in total. The van der Waals surface area contributed by atoms with Crippen LogP contribution in [0.1, 0.15) is 38.5 Å². The zero-order valence-electron chi connectivity index (χ0n) is 13.5. The predicted molar refractivity (Wildman–Crippen MR) is 95.3 cm³/mol. The van der Waals surface area contributed by atoms with Gasteiger partial charge in [-0.15, -0.1) is 12.4 Å². The van der Waals surface area contributed by atoms with Crippen molar-refractivity contribution >= 4 is 35.6 Å². The molecule has 132 valence electrons. The van der Waals surface area contributed by atoms with Crippen LogP contribution in [0.25, 0.3) is 0 Å². The second-order valence-corrected chi connectivity index (χ2v) is 6.39. The first-order valence-corrected chi connectivity index (χ1v) is 8.20. The lowest BCUT2D eigenvalue weighted by molar-refractivity contribution is -0.124. The Morgan fingerprint density at radius 1 is 1.04 bits per heavy atom. The van der Waals surface area contributed by atoms with Gasteiger partial charge in [0.1, 0.15) is 6.10 Å². The van der Waals surface area contributed by atoms with Gasteiger partial charge in [0.25, 0.3) is 5.91 Å². The van der Waals surface area contributed by atoms with Crippen LogP contribution in [0.2, 0.25) is 0 Å². The Labute approximate surface area is 147 Å². The van der Waals surface area contributed by atoms with Gasteiger partial charge in [0.05, 0.1) is 5.54 Å². The van der Waals surface area contributed by atoms with Crippen LogP contribution in [0.15, 0.2) is 24.3 Å². The summed E-state index contributed by atoms with van der Waals surface area (Å²) in [4.78, 5) is 24.2. The van der Waals surface area contributed by atoms with Gasteiger partial charge < -0.3 is 21.1 Å². The zero-order valence-corrected chi connectivity index (χ0v) is 14.4. The maximum absolute atomic E-state index is 12.3. The third kappa shape index (κ3) is 4.26. The van der Waals surface area contributed by atoms with Crippen molar-refractivity contribution in [2.75, 3.05) is 17.2 Å². The van der Waals surface area contributed by atoms with Crippen molar-refractivity contribution in [1.29, 1.82) is 0 Å². The van der Waals surface area contributed by atoms with Crippen LogP contribution in [-0.2, 0) is 14.3 Å². The lowest BCUT2D eigenvalue weighted by atomic mass is 9.98. The minimum absolute atomic E-state index is 0. The number of nitrogens with two attached hydrogens (primary N) is 1. The molecule has 1 unspecified atom stereocenters. The number of hydrogen-bond donors (Lipinski definition) is 3. The van der Waals surface area contributed by atoms with Crippen LogP contribution >= 0.6 is 12.4 Å². The molecule has 0 bridgehead atoms. The minimum atomic E-state index is -0.743. The Bertz CT molecular complexity index is 579. The molecule has 1 aliphatic carbocycles. The first kappa shape index (κ1) is 18.7. The van der Waals surface area contributed by atoms with E-state index in [-0.39, 0.29) is 30.3 Å². The molecule has 1 aromatic carbocycles. The Kier molecular flexibility index (Phi) is 6.21. The van der Waals surface area contributed by atoms with Crippen LogP contribution in [0.4, 0.5) is 11.4 Å². The van der Waals surface area contributed by atoms with E-state index in [4.69, 9.17) is 10.5 Å². The molecule has 1 aliphatic heterocycles. The number of amides is 2. The number of carbonyl (C=O) groups excluding carboxylic acids is 2. The Morgan fingerprint density at radius 2 is 1.62 bits per heavy atom. The Hall–Kier alpha value is -1.63. The van der Waals surface area contributed by atoms with Crippen LogP contribution in [0.3, 0.4) is 0 Å². The average molecular weight is 354 g/mol. The van der Waals surface area contributed by atoms with E-state index in [1.54, 1.807) is 24.3 Å². The second kappa shape index (κ2) is 7.96. The van der Waals surface area contributed by atoms with E-state index in [0.717, 1.165) is 38.5 Å². The number of benzene rings is 1. The lowest BCUT2D eigenvalue weighted by Gasteiger charge is -2.22. The van der Waals surface area contributed by atoms with Crippen molar-refractivity contribution in [1.82, 2.24) is 0 Å². The van der Waals surface area contributed by atoms with Gasteiger partial charge in [-0.25, -0.2) is 0 Å². The van der Waals surface area contributed by atoms with E-state index in [0.29, 0.717) is 18.0 Å². The molecular formula is C17H24ClN3O3. The standard InChI is InChI=1S/C17H23N3O3.ClH/c18-17(9-1-2-10-17)16(22)20-13-7-5-12(6-8-13)19-15(21)14-4-3-11-23-14;/h5-8,14H,1-4,9-11,18H2,(H,19,21)(H,20,22);1H. The molecule has 0 radical (unpaired) electrons. The molecule has 0 aromatic heterocycles. The molecule has 1 atom stereocenters. The number of nitrogens with one attached hydrogen (secondary N) is 2. The summed E-state index contributed by atoms with van der Waals surface area (Å²) in [5, 5.41) is 5.68. The molecule has 1 saturated heterocycles. The summed E-state index contributed by atoms with van der Waals surface area (Å²) in [5.74, 6) is -0.253. The van der Waals surface area contributed by atoms with Crippen LogP contribution < -0.4 is 16.4 Å². The van der Waals surface area contributed by atoms with E-state index in [1.165, 1.54) is 0 Å². The lowest BCUT2D eigenvalue weighted by Crippen LogP contribution is -2.48. The molecule has 1 heterocycles. The first-order valence-electron chi connectivity index (χ1n) is 8.20. The number of ether oxygens (including phenoxy) is 1. The van der Waals surface area contributed by atoms with Crippen LogP contribution in [0, 0.1) is 0 Å². The highest BCUT2D eigenvalue weighted by Gasteiger charge is 2.36. The van der Waals surface area contributed by atoms with Crippen molar-refractivity contribution in [2.45, 2.75) is 50.2 Å². The molecule has 7 heteroatoms. The fraction of sp³-hybridized carbons (Fsp3) is 0.529. The molecule has 1 saturated carbocycles. The number of carbonyl (C=O) groups is 2. The smallest absolute Gasteiger partial charge is 0.253 e. The zero-order chi connectivity index (χ0) is 16.3. The van der Waals surface area contributed by atoms with Crippen molar-refractivity contribution in [2.24, 2.45) is 5.73 Å². The molecule has 6 nitrogen and oxygen atoms in total. The summed E-state index contributed by atoms with van der Waals surface area (Å²) in [6, 6.07) is 7.06. The fourth-order valence-electron chi connectivity index (χ4n) is 3.13. The Morgan fingerprint density at radius 3 is 2.17 bits per heavy atom. The number of halogens is 1. The van der Waals surface area contributed by atoms with Crippen LogP contribution in [0.5, 0.6) is 0 Å². The minimum Gasteiger partial charge on any atom is -0.368 e. The number of anilines is 2. The van der Waals surface area contributed by atoms with E-state index in [1.807, 2.05) is 0 Å². The molecular weight excluding hydrogens is 330 g/mol. The van der Waals surface area contributed by atoms with E-state index < -0.39 is 5.54 Å². The van der Waals surface area contributed by atoms with E-state index >= 15 is 0 Å². The third-order valence-corrected chi connectivity index (χ3v) is 4.58. The molecule has 3 rings (SSSR count). The van der Waals surface area contributed by atoms with Gasteiger partial charge in [-0.05, 0) is 49.9 Å². The molecule has 2 amide bonds. The highest BCUT2D eigenvalue weighted by molar-refractivity contribution is 5.98. The maximum Gasteiger partial charge on any atom is 0.253 e. The van der Waals surface area contributed by atoms with Crippen molar-refractivity contribution < 1.29 is 14.3 Å². The maximum atomic E-state index is 12.3. The van der Waals surface area contributed by atoms with Crippen molar-refractivity contribution in [3.8, 4) is 0 Å². The van der Waals surface area contributed by atoms with Crippen LogP contribution in [-0.4, -0.2) is 30.1 Å². The van der Waals surface area contributed by atoms with E-state index in [2.05, 4.69) is 10.6 Å². The fourth-order valence-corrected chi connectivity index (χ4v) is 3.13. The van der Waals surface area contributed by atoms with Gasteiger partial charge in [-0.1, -0.05) is 12.8 Å². The topological polar surface area (TPSA) is 93.5 Å². The van der Waals surface area contributed by atoms with Gasteiger partial charge in [-0.2, -0.15) is 0 Å². The van der Waals surface area contributed by atoms with Crippen molar-refractivity contribution in [3.05, 3.63) is 24.3 Å². The molecule has 1 aromatic rings. The normalized spacial score (nSPS) is 21.8. The third-order valence-electron chi connectivity index (χ3n) is 4.58. The van der Waals surface area contributed by atoms with Gasteiger partial charge in [0, 0.05) is 18.0 Å². The Balaban J connectivity index is 0.00000208. The van der Waals surface area contributed by atoms with E-state index in [9.17, 15) is 9.59 Å². The SMILES string of the molecule is Cl.NC1(C(=O)Nc2ccc(NC(=O)C3CCCO3)cc2)CCCC1. The first-order chi connectivity index (χ1) is 11.1. The van der Waals surface area contributed by atoms with Crippen molar-refractivity contribution in [3.63, 3.8) is 0 Å². The molecule has 24 heavy (non-hydrogen) atoms. The van der Waals surface area contributed by atoms with Gasteiger partial charge >= 0.3 is 0 Å². The number of hydrogen-bond acceptors (Lipinski definition) is 4. The largest absolute Gasteiger partial charge is 0.368 e. The van der Waals surface area contributed by atoms with Gasteiger partial charge in [0.15, 0.2) is 0 Å². The highest BCUT2D eigenvalue weighted by atomic mass is 35.5. The quantitative estimate of drug-likeness (QED) is 0.775. The molecule has 2 aliphatic rings. The summed E-state index contributed by atoms with van der Waals surface area (Å²) in [6.07, 6.45) is 4.79. The summed E-state index contributed by atoms with van der Waals surface area (Å²) >= 11 is 0. The summed E-state index contributed by atoms with van der Waals surface area (Å²) < 4.78 is 5.35. The summed E-state index contributed by atoms with van der Waals surface area (Å²) in [5.41, 5.74) is 6.76. The average Bonchev–Trinajstić information content (AvgIpc) is 3.21. The second-order valence-electron chi connectivity index (χ2n) is 6.39. The summed E-state index contributed by atoms with van der Waals surface area (Å²) in [6.45, 7) is 0.643. The highest BCUT2D eigenvalue weighted by Crippen LogP contribution is 2.28.